The molecule has 0 aliphatic rings. The lowest BCUT2D eigenvalue weighted by Crippen LogP contribution is -2.13. The van der Waals surface area contributed by atoms with E-state index in [0.29, 0.717) is 30.1 Å². The molecule has 5 N–H and O–H groups in total. The Hall–Kier alpha value is -1.75. The first-order valence-electron chi connectivity index (χ1n) is 4.57. The number of carbonyl (C=O) groups is 1. The number of rotatable bonds is 5. The average Bonchev–Trinajstić information content (AvgIpc) is 2.20. The Morgan fingerprint density at radius 1 is 1.53 bits per heavy atom. The highest BCUT2D eigenvalue weighted by atomic mass is 16.5. The summed E-state index contributed by atoms with van der Waals surface area (Å²) in [5.74, 6) is -0.468. The van der Waals surface area contributed by atoms with Gasteiger partial charge in [0.2, 0.25) is 5.91 Å². The zero-order valence-corrected chi connectivity index (χ0v) is 8.62. The van der Waals surface area contributed by atoms with Gasteiger partial charge in [0, 0.05) is 19.2 Å². The molecule has 0 aliphatic carbocycles. The highest BCUT2D eigenvalue weighted by Crippen LogP contribution is 2.19. The molecule has 1 aromatic carbocycles. The lowest BCUT2D eigenvalue weighted by atomic mass is 10.1. The monoisotopic (exact) mass is 209 g/mol. The standard InChI is InChI=1S/C10H15N3O2/c1-15-5-4-13-9-6-7(10(12)14)2-3-8(9)11/h2-3,6,13H,4-5,11H2,1H3,(H2,12,14). The van der Waals surface area contributed by atoms with Crippen molar-refractivity contribution in [1.82, 2.24) is 0 Å². The fourth-order valence-corrected chi connectivity index (χ4v) is 1.15. The van der Waals surface area contributed by atoms with Crippen molar-refractivity contribution >= 4 is 17.3 Å². The Morgan fingerprint density at radius 3 is 2.87 bits per heavy atom. The van der Waals surface area contributed by atoms with Crippen molar-refractivity contribution in [2.75, 3.05) is 31.3 Å². The van der Waals surface area contributed by atoms with Gasteiger partial charge in [-0.05, 0) is 18.2 Å². The first kappa shape index (κ1) is 11.3. The summed E-state index contributed by atoms with van der Waals surface area (Å²) in [5, 5.41) is 3.05. The van der Waals surface area contributed by atoms with E-state index in [1.54, 1.807) is 25.3 Å². The number of ether oxygens (including phenoxy) is 1. The number of hydrogen-bond donors (Lipinski definition) is 3. The second-order valence-electron chi connectivity index (χ2n) is 3.09. The molecule has 0 radical (unpaired) electrons. The number of methoxy groups -OCH3 is 1. The number of nitrogens with one attached hydrogen (secondary N) is 1. The summed E-state index contributed by atoms with van der Waals surface area (Å²) >= 11 is 0. The predicted octanol–water partition coefficient (Wildman–Crippen LogP) is 0.426. The van der Waals surface area contributed by atoms with E-state index in [0.717, 1.165) is 0 Å². The van der Waals surface area contributed by atoms with Gasteiger partial charge in [-0.25, -0.2) is 0 Å². The molecule has 0 atom stereocenters. The first-order valence-corrected chi connectivity index (χ1v) is 4.57. The minimum absolute atomic E-state index is 0.434. The van der Waals surface area contributed by atoms with Crippen LogP contribution >= 0.6 is 0 Å². The topological polar surface area (TPSA) is 90.4 Å². The van der Waals surface area contributed by atoms with Crippen molar-refractivity contribution in [1.29, 1.82) is 0 Å². The van der Waals surface area contributed by atoms with Gasteiger partial charge in [-0.1, -0.05) is 0 Å². The molecule has 0 spiro atoms. The molecule has 5 nitrogen and oxygen atoms in total. The van der Waals surface area contributed by atoms with Gasteiger partial charge in [0.15, 0.2) is 0 Å². The van der Waals surface area contributed by atoms with Crippen LogP contribution in [0.4, 0.5) is 11.4 Å². The van der Waals surface area contributed by atoms with Crippen LogP contribution in [0.2, 0.25) is 0 Å². The molecule has 0 bridgehead atoms. The summed E-state index contributed by atoms with van der Waals surface area (Å²) in [4.78, 5) is 10.9. The number of primary amides is 1. The van der Waals surface area contributed by atoms with Crippen molar-refractivity contribution in [2.24, 2.45) is 5.73 Å². The van der Waals surface area contributed by atoms with E-state index in [1.165, 1.54) is 0 Å². The first-order chi connectivity index (χ1) is 7.15. The van der Waals surface area contributed by atoms with Crippen molar-refractivity contribution < 1.29 is 9.53 Å². The molecule has 0 saturated carbocycles. The summed E-state index contributed by atoms with van der Waals surface area (Å²) < 4.78 is 4.89. The molecule has 82 valence electrons. The van der Waals surface area contributed by atoms with Crippen molar-refractivity contribution in [3.8, 4) is 0 Å². The predicted molar refractivity (Wildman–Crippen MR) is 59.7 cm³/mol. The highest BCUT2D eigenvalue weighted by Gasteiger charge is 2.04. The van der Waals surface area contributed by atoms with Gasteiger partial charge in [0.1, 0.15) is 0 Å². The maximum atomic E-state index is 10.9. The van der Waals surface area contributed by atoms with Gasteiger partial charge in [0.05, 0.1) is 18.0 Å². The smallest absolute Gasteiger partial charge is 0.248 e. The molecule has 5 heteroatoms. The molecular weight excluding hydrogens is 194 g/mol. The third kappa shape index (κ3) is 3.14. The van der Waals surface area contributed by atoms with E-state index in [1.807, 2.05) is 0 Å². The van der Waals surface area contributed by atoms with Crippen LogP contribution in [0.5, 0.6) is 0 Å². The SMILES string of the molecule is COCCNc1cc(C(N)=O)ccc1N. The van der Waals surface area contributed by atoms with Crippen LogP contribution in [-0.4, -0.2) is 26.2 Å². The molecule has 0 aliphatic heterocycles. The molecule has 15 heavy (non-hydrogen) atoms. The van der Waals surface area contributed by atoms with Crippen molar-refractivity contribution in [3.63, 3.8) is 0 Å². The highest BCUT2D eigenvalue weighted by molar-refractivity contribution is 5.94. The number of nitrogen functional groups attached to an aromatic ring is 1. The van der Waals surface area contributed by atoms with Crippen molar-refractivity contribution in [3.05, 3.63) is 23.8 Å². The normalized spacial score (nSPS) is 9.93. The Kier molecular flexibility index (Phi) is 3.93. The van der Waals surface area contributed by atoms with E-state index >= 15 is 0 Å². The van der Waals surface area contributed by atoms with E-state index in [2.05, 4.69) is 5.32 Å². The molecular formula is C10H15N3O2. The minimum atomic E-state index is -0.468. The van der Waals surface area contributed by atoms with Crippen LogP contribution in [0.1, 0.15) is 10.4 Å². The van der Waals surface area contributed by atoms with E-state index in [9.17, 15) is 4.79 Å². The summed E-state index contributed by atoms with van der Waals surface area (Å²) in [6, 6.07) is 4.88. The molecule has 1 amide bonds. The van der Waals surface area contributed by atoms with Gasteiger partial charge in [-0.2, -0.15) is 0 Å². The van der Waals surface area contributed by atoms with Crippen molar-refractivity contribution in [2.45, 2.75) is 0 Å². The summed E-state index contributed by atoms with van der Waals surface area (Å²) in [6.07, 6.45) is 0. The molecule has 1 aromatic rings. The number of hydrogen-bond acceptors (Lipinski definition) is 4. The van der Waals surface area contributed by atoms with Gasteiger partial charge in [-0.15, -0.1) is 0 Å². The Morgan fingerprint density at radius 2 is 2.27 bits per heavy atom. The molecule has 0 aromatic heterocycles. The Labute approximate surface area is 88.4 Å². The zero-order valence-electron chi connectivity index (χ0n) is 8.62. The van der Waals surface area contributed by atoms with Crippen LogP contribution in [-0.2, 0) is 4.74 Å². The second-order valence-corrected chi connectivity index (χ2v) is 3.09. The van der Waals surface area contributed by atoms with Crippen LogP contribution in [0.3, 0.4) is 0 Å². The molecule has 0 unspecified atom stereocenters. The van der Waals surface area contributed by atoms with Gasteiger partial charge in [0.25, 0.3) is 0 Å². The fourth-order valence-electron chi connectivity index (χ4n) is 1.15. The number of nitrogens with two attached hydrogens (primary N) is 2. The van der Waals surface area contributed by atoms with Crippen LogP contribution < -0.4 is 16.8 Å². The quantitative estimate of drug-likeness (QED) is 0.484. The summed E-state index contributed by atoms with van der Waals surface area (Å²) in [5.41, 5.74) is 12.6. The number of anilines is 2. The number of carbonyl (C=O) groups excluding carboxylic acids is 1. The van der Waals surface area contributed by atoms with E-state index in [4.69, 9.17) is 16.2 Å². The zero-order chi connectivity index (χ0) is 11.3. The lowest BCUT2D eigenvalue weighted by Gasteiger charge is -2.09. The van der Waals surface area contributed by atoms with Crippen LogP contribution in [0, 0.1) is 0 Å². The maximum Gasteiger partial charge on any atom is 0.248 e. The van der Waals surface area contributed by atoms with Crippen LogP contribution in [0.25, 0.3) is 0 Å². The van der Waals surface area contributed by atoms with Gasteiger partial charge < -0.3 is 21.5 Å². The van der Waals surface area contributed by atoms with E-state index < -0.39 is 5.91 Å². The third-order valence-corrected chi connectivity index (χ3v) is 1.96. The Balaban J connectivity index is 2.76. The molecule has 0 heterocycles. The third-order valence-electron chi connectivity index (χ3n) is 1.96. The second kappa shape index (κ2) is 5.21. The Bertz CT molecular complexity index is 353. The average molecular weight is 209 g/mol. The summed E-state index contributed by atoms with van der Waals surface area (Å²) in [6.45, 7) is 1.20. The lowest BCUT2D eigenvalue weighted by molar-refractivity contribution is 0.100. The fraction of sp³-hybridized carbons (Fsp3) is 0.300. The van der Waals surface area contributed by atoms with Crippen LogP contribution in [0.15, 0.2) is 18.2 Å². The van der Waals surface area contributed by atoms with Gasteiger partial charge in [-0.3, -0.25) is 4.79 Å². The molecule has 1 rings (SSSR count). The minimum Gasteiger partial charge on any atom is -0.397 e. The number of amides is 1. The number of benzene rings is 1. The molecule has 0 fully saturated rings. The van der Waals surface area contributed by atoms with Gasteiger partial charge >= 0.3 is 0 Å². The summed E-state index contributed by atoms with van der Waals surface area (Å²) in [7, 11) is 1.62. The molecule has 0 saturated heterocycles. The largest absolute Gasteiger partial charge is 0.397 e. The maximum absolute atomic E-state index is 10.9. The van der Waals surface area contributed by atoms with E-state index in [-0.39, 0.29) is 0 Å².